The molecule has 0 radical (unpaired) electrons. The van der Waals surface area contributed by atoms with Gasteiger partial charge in [0.05, 0.1) is 0 Å². The van der Waals surface area contributed by atoms with Gasteiger partial charge < -0.3 is 14.9 Å². The largest absolute Gasteiger partial charge is 0.481 e. The molecule has 0 aliphatic heterocycles. The topological polar surface area (TPSA) is 48.4 Å². The molecule has 96 valence electrons. The van der Waals surface area contributed by atoms with Crippen molar-refractivity contribution in [3.05, 3.63) is 51.9 Å². The summed E-state index contributed by atoms with van der Waals surface area (Å²) in [6, 6.07) is 9.66. The van der Waals surface area contributed by atoms with Gasteiger partial charge in [0.2, 0.25) is 0 Å². The van der Waals surface area contributed by atoms with Gasteiger partial charge in [-0.15, -0.1) is 0 Å². The van der Waals surface area contributed by atoms with Gasteiger partial charge in [-0.25, -0.2) is 0 Å². The van der Waals surface area contributed by atoms with Crippen molar-refractivity contribution in [1.29, 1.82) is 0 Å². The van der Waals surface area contributed by atoms with Crippen LogP contribution in [0.2, 0.25) is 0 Å². The lowest BCUT2D eigenvalue weighted by Crippen LogP contribution is -2.17. The molecule has 1 heterocycles. The van der Waals surface area contributed by atoms with Gasteiger partial charge in [0.1, 0.15) is 17.3 Å². The summed E-state index contributed by atoms with van der Waals surface area (Å²) < 4.78 is 12.5. The zero-order valence-corrected chi connectivity index (χ0v) is 12.0. The average molecular weight is 310 g/mol. The third kappa shape index (κ3) is 2.94. The second-order valence-corrected chi connectivity index (χ2v) is 5.06. The molecule has 18 heavy (non-hydrogen) atoms. The Morgan fingerprint density at radius 3 is 2.61 bits per heavy atom. The first-order chi connectivity index (χ1) is 8.60. The van der Waals surface area contributed by atoms with Crippen LogP contribution in [-0.2, 0) is 0 Å². The van der Waals surface area contributed by atoms with E-state index in [4.69, 9.17) is 14.9 Å². The van der Waals surface area contributed by atoms with Crippen molar-refractivity contribution in [2.24, 2.45) is 5.73 Å². The Labute approximate surface area is 115 Å². The number of halogens is 1. The van der Waals surface area contributed by atoms with E-state index in [-0.39, 0.29) is 6.10 Å². The summed E-state index contributed by atoms with van der Waals surface area (Å²) >= 11 is 3.46. The van der Waals surface area contributed by atoms with E-state index in [2.05, 4.69) is 15.9 Å². The highest BCUT2D eigenvalue weighted by atomic mass is 79.9. The van der Waals surface area contributed by atoms with Crippen molar-refractivity contribution < 1.29 is 9.15 Å². The summed E-state index contributed by atoms with van der Waals surface area (Å²) in [6.45, 7) is 4.30. The highest BCUT2D eigenvalue weighted by Gasteiger charge is 2.15. The molecule has 2 rings (SSSR count). The van der Waals surface area contributed by atoms with Gasteiger partial charge in [-0.05, 0) is 49.7 Å². The number of hydrogen-bond acceptors (Lipinski definition) is 3. The molecular weight excluding hydrogens is 294 g/mol. The Morgan fingerprint density at radius 1 is 1.28 bits per heavy atom. The Morgan fingerprint density at radius 2 is 2.06 bits per heavy atom. The number of ether oxygens (including phenoxy) is 1. The molecule has 2 N–H and O–H groups in total. The second-order valence-electron chi connectivity index (χ2n) is 4.20. The standard InChI is InChI=1S/C14H16BrNO2/c1-9-7-11(4-5-12(9)15)18-14(8-16)13-6-3-10(2)17-13/h3-7,14H,8,16H2,1-2H3. The van der Waals surface area contributed by atoms with Gasteiger partial charge in [0, 0.05) is 11.0 Å². The van der Waals surface area contributed by atoms with Gasteiger partial charge >= 0.3 is 0 Å². The van der Waals surface area contributed by atoms with Gasteiger partial charge in [-0.3, -0.25) is 0 Å². The molecular formula is C14H16BrNO2. The lowest BCUT2D eigenvalue weighted by Gasteiger charge is -2.16. The Hall–Kier alpha value is -1.26. The number of hydrogen-bond donors (Lipinski definition) is 1. The highest BCUT2D eigenvalue weighted by molar-refractivity contribution is 9.10. The van der Waals surface area contributed by atoms with Crippen molar-refractivity contribution in [1.82, 2.24) is 0 Å². The molecule has 4 heteroatoms. The van der Waals surface area contributed by atoms with Crippen molar-refractivity contribution in [2.45, 2.75) is 20.0 Å². The van der Waals surface area contributed by atoms with Gasteiger partial charge in [-0.2, -0.15) is 0 Å². The first-order valence-corrected chi connectivity index (χ1v) is 6.58. The molecule has 0 spiro atoms. The number of nitrogens with two attached hydrogens (primary N) is 1. The number of furan rings is 1. The number of benzene rings is 1. The number of rotatable bonds is 4. The van der Waals surface area contributed by atoms with Gasteiger partial charge in [0.25, 0.3) is 0 Å². The van der Waals surface area contributed by atoms with Crippen LogP contribution in [0.25, 0.3) is 0 Å². The van der Waals surface area contributed by atoms with Crippen LogP contribution in [0.3, 0.4) is 0 Å². The van der Waals surface area contributed by atoms with Crippen molar-refractivity contribution in [2.75, 3.05) is 6.54 Å². The van der Waals surface area contributed by atoms with Crippen LogP contribution in [0.5, 0.6) is 5.75 Å². The summed E-state index contributed by atoms with van der Waals surface area (Å²) in [6.07, 6.45) is -0.251. The minimum Gasteiger partial charge on any atom is -0.481 e. The van der Waals surface area contributed by atoms with E-state index < -0.39 is 0 Å². The maximum absolute atomic E-state index is 5.86. The summed E-state index contributed by atoms with van der Waals surface area (Å²) in [4.78, 5) is 0. The predicted molar refractivity (Wildman–Crippen MR) is 74.7 cm³/mol. The lowest BCUT2D eigenvalue weighted by atomic mass is 10.2. The molecule has 0 aliphatic carbocycles. The molecule has 0 bridgehead atoms. The molecule has 1 unspecified atom stereocenters. The molecule has 3 nitrogen and oxygen atoms in total. The van der Waals surface area contributed by atoms with Crippen LogP contribution in [0.1, 0.15) is 23.2 Å². The van der Waals surface area contributed by atoms with Crippen LogP contribution in [-0.4, -0.2) is 6.54 Å². The summed E-state index contributed by atoms with van der Waals surface area (Å²) in [5.41, 5.74) is 6.86. The first kappa shape index (κ1) is 13.2. The van der Waals surface area contributed by atoms with Gasteiger partial charge in [0.15, 0.2) is 6.10 Å². The Kier molecular flexibility index (Phi) is 4.09. The molecule has 0 amide bonds. The van der Waals surface area contributed by atoms with Crippen molar-refractivity contribution in [3.8, 4) is 5.75 Å². The summed E-state index contributed by atoms with van der Waals surface area (Å²) in [5.74, 6) is 2.41. The molecule has 0 saturated carbocycles. The van der Waals surface area contributed by atoms with E-state index in [1.165, 1.54) is 0 Å². The molecule has 2 aromatic rings. The minimum atomic E-state index is -0.251. The first-order valence-electron chi connectivity index (χ1n) is 5.79. The van der Waals surface area contributed by atoms with Crippen molar-refractivity contribution >= 4 is 15.9 Å². The predicted octanol–water partition coefficient (Wildman–Crippen LogP) is 3.74. The second kappa shape index (κ2) is 5.59. The third-order valence-corrected chi connectivity index (χ3v) is 3.59. The molecule has 1 aromatic heterocycles. The fraction of sp³-hybridized carbons (Fsp3) is 0.286. The maximum Gasteiger partial charge on any atom is 0.168 e. The smallest absolute Gasteiger partial charge is 0.168 e. The molecule has 0 saturated heterocycles. The normalized spacial score (nSPS) is 12.4. The van der Waals surface area contributed by atoms with E-state index in [0.29, 0.717) is 6.54 Å². The van der Waals surface area contributed by atoms with E-state index in [0.717, 1.165) is 27.3 Å². The monoisotopic (exact) mass is 309 g/mol. The van der Waals surface area contributed by atoms with Gasteiger partial charge in [-0.1, -0.05) is 15.9 Å². The van der Waals surface area contributed by atoms with Crippen LogP contribution < -0.4 is 10.5 Å². The Balaban J connectivity index is 2.17. The van der Waals surface area contributed by atoms with Crippen molar-refractivity contribution in [3.63, 3.8) is 0 Å². The van der Waals surface area contributed by atoms with Crippen LogP contribution in [0, 0.1) is 13.8 Å². The van der Waals surface area contributed by atoms with E-state index in [1.807, 2.05) is 44.2 Å². The summed E-state index contributed by atoms with van der Waals surface area (Å²) in [5, 5.41) is 0. The quantitative estimate of drug-likeness (QED) is 0.936. The molecule has 0 aliphatic rings. The lowest BCUT2D eigenvalue weighted by molar-refractivity contribution is 0.182. The SMILES string of the molecule is Cc1ccc(C(CN)Oc2ccc(Br)c(C)c2)o1. The van der Waals surface area contributed by atoms with E-state index >= 15 is 0 Å². The Bertz CT molecular complexity index is 536. The highest BCUT2D eigenvalue weighted by Crippen LogP contribution is 2.26. The van der Waals surface area contributed by atoms with Crippen LogP contribution >= 0.6 is 15.9 Å². The minimum absolute atomic E-state index is 0.251. The number of aryl methyl sites for hydroxylation is 2. The fourth-order valence-electron chi connectivity index (χ4n) is 1.70. The third-order valence-electron chi connectivity index (χ3n) is 2.70. The zero-order chi connectivity index (χ0) is 13.1. The maximum atomic E-state index is 5.86. The molecule has 1 atom stereocenters. The fourth-order valence-corrected chi connectivity index (χ4v) is 1.95. The van der Waals surface area contributed by atoms with E-state index in [1.54, 1.807) is 0 Å². The zero-order valence-electron chi connectivity index (χ0n) is 10.4. The average Bonchev–Trinajstić information content (AvgIpc) is 2.77. The van der Waals surface area contributed by atoms with Crippen LogP contribution in [0.15, 0.2) is 39.2 Å². The van der Waals surface area contributed by atoms with Crippen LogP contribution in [0.4, 0.5) is 0 Å². The molecule has 1 aromatic carbocycles. The molecule has 0 fully saturated rings. The summed E-state index contributed by atoms with van der Waals surface area (Å²) in [7, 11) is 0. The van der Waals surface area contributed by atoms with E-state index in [9.17, 15) is 0 Å².